The van der Waals surface area contributed by atoms with Crippen molar-refractivity contribution in [1.82, 2.24) is 19.6 Å². The van der Waals surface area contributed by atoms with Gasteiger partial charge in [0.05, 0.1) is 11.3 Å². The van der Waals surface area contributed by atoms with Crippen LogP contribution in [-0.2, 0) is 6.18 Å². The highest BCUT2D eigenvalue weighted by molar-refractivity contribution is 6.34. The van der Waals surface area contributed by atoms with Gasteiger partial charge >= 0.3 is 6.18 Å². The molecule has 0 fully saturated rings. The normalized spacial score (nSPS) is 11.9. The van der Waals surface area contributed by atoms with Crippen LogP contribution in [0.1, 0.15) is 5.69 Å². The second-order valence-electron chi connectivity index (χ2n) is 5.77. The Morgan fingerprint density at radius 2 is 1.64 bits per heavy atom. The third-order valence-electron chi connectivity index (χ3n) is 3.98. The molecule has 0 spiro atoms. The van der Waals surface area contributed by atoms with Gasteiger partial charge < -0.3 is 0 Å². The van der Waals surface area contributed by atoms with Gasteiger partial charge in [-0.15, -0.1) is 0 Å². The molecule has 28 heavy (non-hydrogen) atoms. The fraction of sp³-hybridized carbons (Fsp3) is 0.0556. The Labute approximate surface area is 165 Å². The molecule has 0 saturated carbocycles. The number of hydrogen-bond donors (Lipinski definition) is 0. The van der Waals surface area contributed by atoms with Crippen molar-refractivity contribution in [2.75, 3.05) is 0 Å². The maximum atomic E-state index is 13.8. The van der Waals surface area contributed by atoms with Gasteiger partial charge in [-0.3, -0.25) is 0 Å². The van der Waals surface area contributed by atoms with Gasteiger partial charge in [-0.1, -0.05) is 53.5 Å². The summed E-state index contributed by atoms with van der Waals surface area (Å²) in [5, 5.41) is 3.10. The molecule has 3 heterocycles. The molecule has 0 bridgehead atoms. The van der Waals surface area contributed by atoms with Crippen molar-refractivity contribution >= 4 is 28.8 Å². The Kier molecular flexibility index (Phi) is 4.47. The summed E-state index contributed by atoms with van der Waals surface area (Å²) in [6, 6.07) is 10.3. The predicted octanol–water partition coefficient (Wildman–Crippen LogP) is 5.92. The number of rotatable bonds is 2. The molecule has 142 valence electrons. The number of nitrogens with zero attached hydrogens (tertiary/aromatic N) is 4. The van der Waals surface area contributed by atoms with Crippen LogP contribution in [0.15, 0.2) is 48.7 Å². The number of benzene rings is 1. The molecule has 4 rings (SSSR count). The van der Waals surface area contributed by atoms with Crippen molar-refractivity contribution in [3.8, 4) is 22.4 Å². The van der Waals surface area contributed by atoms with E-state index in [-0.39, 0.29) is 27.6 Å². The van der Waals surface area contributed by atoms with E-state index < -0.39 is 22.8 Å². The summed E-state index contributed by atoms with van der Waals surface area (Å²) >= 11 is 11.6. The second kappa shape index (κ2) is 6.72. The highest BCUT2D eigenvalue weighted by atomic mass is 35.5. The molecular weight excluding hydrogens is 419 g/mol. The maximum Gasteiger partial charge on any atom is 0.435 e. The summed E-state index contributed by atoms with van der Waals surface area (Å²) in [6.45, 7) is 0. The predicted molar refractivity (Wildman–Crippen MR) is 96.6 cm³/mol. The van der Waals surface area contributed by atoms with Crippen molar-refractivity contribution in [1.29, 1.82) is 0 Å². The lowest BCUT2D eigenvalue weighted by atomic mass is 10.1. The van der Waals surface area contributed by atoms with E-state index in [2.05, 4.69) is 15.1 Å². The molecular formula is C18H8Cl2F4N4. The van der Waals surface area contributed by atoms with E-state index in [0.29, 0.717) is 5.56 Å². The third kappa shape index (κ3) is 3.18. The van der Waals surface area contributed by atoms with Crippen LogP contribution in [0.25, 0.3) is 28.0 Å². The largest absolute Gasteiger partial charge is 0.435 e. The Morgan fingerprint density at radius 1 is 0.929 bits per heavy atom. The molecule has 4 nitrogen and oxygen atoms in total. The minimum absolute atomic E-state index is 0.0533. The molecule has 1 aromatic carbocycles. The number of alkyl halides is 3. The summed E-state index contributed by atoms with van der Waals surface area (Å²) in [5.41, 5.74) is -0.794. The molecule has 10 heteroatoms. The first-order valence-corrected chi connectivity index (χ1v) is 8.55. The van der Waals surface area contributed by atoms with Crippen LogP contribution in [0, 0.1) is 5.82 Å². The van der Waals surface area contributed by atoms with E-state index in [1.54, 1.807) is 18.2 Å². The zero-order valence-corrected chi connectivity index (χ0v) is 15.2. The van der Waals surface area contributed by atoms with Crippen LogP contribution in [0.4, 0.5) is 17.6 Å². The second-order valence-corrected chi connectivity index (χ2v) is 6.48. The SMILES string of the molecule is Fc1cc(-c2ccn3nc(C(F)(F)F)c(-c4ccccc4)c3n2)c(Cl)nc1Cl. The number of halogens is 6. The lowest BCUT2D eigenvalue weighted by Crippen LogP contribution is -2.07. The average Bonchev–Trinajstić information content (AvgIpc) is 3.04. The number of pyridine rings is 1. The Balaban J connectivity index is 2.01. The zero-order chi connectivity index (χ0) is 20.1. The Hall–Kier alpha value is -2.71. The summed E-state index contributed by atoms with van der Waals surface area (Å²) in [4.78, 5) is 7.92. The van der Waals surface area contributed by atoms with Crippen LogP contribution in [0.5, 0.6) is 0 Å². The number of fused-ring (bicyclic) bond motifs is 1. The minimum atomic E-state index is -4.69. The van der Waals surface area contributed by atoms with E-state index >= 15 is 0 Å². The van der Waals surface area contributed by atoms with E-state index in [9.17, 15) is 17.6 Å². The molecule has 0 radical (unpaired) electrons. The van der Waals surface area contributed by atoms with Gasteiger partial charge in [0.25, 0.3) is 0 Å². The van der Waals surface area contributed by atoms with Gasteiger partial charge in [0.15, 0.2) is 22.3 Å². The summed E-state index contributed by atoms with van der Waals surface area (Å²) in [6.07, 6.45) is -3.40. The van der Waals surface area contributed by atoms with Crippen molar-refractivity contribution in [3.05, 3.63) is 70.5 Å². The molecule has 0 aliphatic heterocycles. The molecule has 0 saturated heterocycles. The first-order chi connectivity index (χ1) is 13.3. The molecule has 4 aromatic rings. The number of hydrogen-bond acceptors (Lipinski definition) is 3. The van der Waals surface area contributed by atoms with Gasteiger partial charge in [-0.25, -0.2) is 18.9 Å². The van der Waals surface area contributed by atoms with Crippen molar-refractivity contribution < 1.29 is 17.6 Å². The van der Waals surface area contributed by atoms with Crippen LogP contribution in [0.3, 0.4) is 0 Å². The molecule has 0 aliphatic carbocycles. The maximum absolute atomic E-state index is 13.8. The molecule has 0 atom stereocenters. The quantitative estimate of drug-likeness (QED) is 0.295. The van der Waals surface area contributed by atoms with E-state index in [1.807, 2.05) is 0 Å². The van der Waals surface area contributed by atoms with Gasteiger partial charge in [-0.05, 0) is 17.7 Å². The van der Waals surface area contributed by atoms with Gasteiger partial charge in [0.2, 0.25) is 0 Å². The van der Waals surface area contributed by atoms with E-state index in [4.69, 9.17) is 23.2 Å². The molecule has 0 amide bonds. The van der Waals surface area contributed by atoms with Crippen LogP contribution in [0.2, 0.25) is 10.3 Å². The average molecular weight is 427 g/mol. The highest BCUT2D eigenvalue weighted by Gasteiger charge is 2.39. The lowest BCUT2D eigenvalue weighted by Gasteiger charge is -2.07. The molecule has 0 N–H and O–H groups in total. The topological polar surface area (TPSA) is 43.1 Å². The Morgan fingerprint density at radius 3 is 2.32 bits per heavy atom. The molecule has 0 unspecified atom stereocenters. The van der Waals surface area contributed by atoms with Gasteiger partial charge in [0.1, 0.15) is 5.15 Å². The summed E-state index contributed by atoms with van der Waals surface area (Å²) < 4.78 is 55.5. The van der Waals surface area contributed by atoms with Crippen molar-refractivity contribution in [2.24, 2.45) is 0 Å². The van der Waals surface area contributed by atoms with Crippen molar-refractivity contribution in [2.45, 2.75) is 6.18 Å². The fourth-order valence-corrected chi connectivity index (χ4v) is 3.19. The van der Waals surface area contributed by atoms with E-state index in [0.717, 1.165) is 10.6 Å². The number of aromatic nitrogens is 4. The van der Waals surface area contributed by atoms with Crippen molar-refractivity contribution in [3.63, 3.8) is 0 Å². The fourth-order valence-electron chi connectivity index (χ4n) is 2.77. The van der Waals surface area contributed by atoms with Gasteiger partial charge in [0, 0.05) is 11.8 Å². The first-order valence-electron chi connectivity index (χ1n) is 7.79. The highest BCUT2D eigenvalue weighted by Crippen LogP contribution is 2.39. The summed E-state index contributed by atoms with van der Waals surface area (Å²) in [7, 11) is 0. The zero-order valence-electron chi connectivity index (χ0n) is 13.7. The lowest BCUT2D eigenvalue weighted by molar-refractivity contribution is -0.140. The monoisotopic (exact) mass is 426 g/mol. The van der Waals surface area contributed by atoms with E-state index in [1.165, 1.54) is 24.4 Å². The summed E-state index contributed by atoms with van der Waals surface area (Å²) in [5.74, 6) is -0.824. The Bertz CT molecular complexity index is 1190. The standard InChI is InChI=1S/C18H8Cl2F4N4/c19-15-10(8-11(21)16(20)26-15)12-6-7-28-17(25-12)13(9-4-2-1-3-5-9)14(27-28)18(22,23)24/h1-8H. The molecule has 3 aromatic heterocycles. The third-order valence-corrected chi connectivity index (χ3v) is 4.53. The molecule has 0 aliphatic rings. The van der Waals surface area contributed by atoms with Crippen LogP contribution in [-0.4, -0.2) is 19.6 Å². The van der Waals surface area contributed by atoms with Crippen LogP contribution < -0.4 is 0 Å². The minimum Gasteiger partial charge on any atom is -0.228 e. The smallest absolute Gasteiger partial charge is 0.228 e. The first kappa shape index (κ1) is 18.6. The van der Waals surface area contributed by atoms with Crippen LogP contribution >= 0.6 is 23.2 Å². The van der Waals surface area contributed by atoms with Gasteiger partial charge in [-0.2, -0.15) is 18.3 Å².